The van der Waals surface area contributed by atoms with Gasteiger partial charge < -0.3 is 20.7 Å². The quantitative estimate of drug-likeness (QED) is 0.368. The number of carbonyl (C=O) groups excluding carboxylic acids is 1. The summed E-state index contributed by atoms with van der Waals surface area (Å²) in [6.07, 6.45) is 1.02. The summed E-state index contributed by atoms with van der Waals surface area (Å²) in [5.41, 5.74) is 4.09. The lowest BCUT2D eigenvalue weighted by Crippen LogP contribution is -2.37. The average Bonchev–Trinajstić information content (AvgIpc) is 2.79. The largest absolute Gasteiger partial charge is 0.487 e. The summed E-state index contributed by atoms with van der Waals surface area (Å²) in [6.45, 7) is 4.27. The van der Waals surface area contributed by atoms with Gasteiger partial charge >= 0.3 is 0 Å². The molecule has 4 rings (SSSR count). The molecule has 0 aromatic heterocycles. The number of hydrogen-bond acceptors (Lipinski definition) is 5. The Hall–Kier alpha value is -3.55. The maximum Gasteiger partial charge on any atom is 0.247 e. The predicted octanol–water partition coefficient (Wildman–Crippen LogP) is 5.27. The van der Waals surface area contributed by atoms with E-state index >= 15 is 0 Å². The molecule has 6 nitrogen and oxygen atoms in total. The fourth-order valence-corrected chi connectivity index (χ4v) is 3.62. The van der Waals surface area contributed by atoms with Crippen LogP contribution in [0.1, 0.15) is 17.3 Å². The minimum Gasteiger partial charge on any atom is -0.487 e. The van der Waals surface area contributed by atoms with E-state index in [1.54, 1.807) is 24.3 Å². The minimum atomic E-state index is -0.307. The maximum atomic E-state index is 13.3. The number of amides is 1. The van der Waals surface area contributed by atoms with Crippen molar-refractivity contribution in [1.29, 1.82) is 0 Å². The second-order valence-corrected chi connectivity index (χ2v) is 7.60. The van der Waals surface area contributed by atoms with Crippen LogP contribution in [0.25, 0.3) is 0 Å². The number of benzene rings is 3. The van der Waals surface area contributed by atoms with Crippen molar-refractivity contribution in [3.05, 3.63) is 95.3 Å². The van der Waals surface area contributed by atoms with Gasteiger partial charge in [0.2, 0.25) is 5.91 Å². The van der Waals surface area contributed by atoms with Gasteiger partial charge in [0.05, 0.1) is 11.7 Å². The Kier molecular flexibility index (Phi) is 6.58. The SMILES string of the molecule is C=CC(=O)Nc1ccc2c(c1)C(Nc1ccc(OCc3cccc(F)c3)c(Cl)c1)NCN2. The number of rotatable bonds is 7. The van der Waals surface area contributed by atoms with E-state index in [9.17, 15) is 9.18 Å². The van der Waals surface area contributed by atoms with Crippen LogP contribution in [-0.2, 0) is 11.4 Å². The number of anilines is 3. The molecule has 0 fully saturated rings. The van der Waals surface area contributed by atoms with Crippen LogP contribution in [0.3, 0.4) is 0 Å². The van der Waals surface area contributed by atoms with Gasteiger partial charge in [0.1, 0.15) is 24.3 Å². The molecule has 3 aromatic rings. The van der Waals surface area contributed by atoms with E-state index in [0.717, 1.165) is 22.5 Å². The fourth-order valence-electron chi connectivity index (χ4n) is 3.38. The fraction of sp³-hybridized carbons (Fsp3) is 0.125. The van der Waals surface area contributed by atoms with Gasteiger partial charge in [0.15, 0.2) is 0 Å². The number of halogens is 2. The molecule has 0 bridgehead atoms. The van der Waals surface area contributed by atoms with Crippen LogP contribution in [-0.4, -0.2) is 12.6 Å². The summed E-state index contributed by atoms with van der Waals surface area (Å²) in [4.78, 5) is 11.6. The van der Waals surface area contributed by atoms with Crippen LogP contribution in [0.2, 0.25) is 5.02 Å². The molecule has 1 aliphatic rings. The molecule has 8 heteroatoms. The number of hydrogen-bond donors (Lipinski definition) is 4. The second kappa shape index (κ2) is 9.72. The molecule has 0 spiro atoms. The van der Waals surface area contributed by atoms with Crippen molar-refractivity contribution < 1.29 is 13.9 Å². The lowest BCUT2D eigenvalue weighted by atomic mass is 10.1. The lowest BCUT2D eigenvalue weighted by Gasteiger charge is -2.30. The lowest BCUT2D eigenvalue weighted by molar-refractivity contribution is -0.111. The second-order valence-electron chi connectivity index (χ2n) is 7.19. The van der Waals surface area contributed by atoms with Crippen molar-refractivity contribution in [2.24, 2.45) is 0 Å². The van der Waals surface area contributed by atoms with Gasteiger partial charge in [0.25, 0.3) is 0 Å². The average molecular weight is 453 g/mol. The van der Waals surface area contributed by atoms with Gasteiger partial charge in [0, 0.05) is 22.6 Å². The number of nitrogens with one attached hydrogen (secondary N) is 4. The molecule has 1 unspecified atom stereocenters. The number of ether oxygens (including phenoxy) is 1. The van der Waals surface area contributed by atoms with Crippen molar-refractivity contribution in [2.45, 2.75) is 12.8 Å². The number of carbonyl (C=O) groups is 1. The minimum absolute atomic E-state index is 0.207. The standard InChI is InChI=1S/C24H22ClFN4O2/c1-2-23(31)29-17-6-8-21-19(11-17)24(28-14-27-21)30-18-7-9-22(20(25)12-18)32-13-15-4-3-5-16(26)10-15/h2-12,24,27-28,30H,1,13-14H2,(H,29,31). The molecule has 164 valence electrons. The van der Waals surface area contributed by atoms with Crippen molar-refractivity contribution in [1.82, 2.24) is 5.32 Å². The van der Waals surface area contributed by atoms with Gasteiger partial charge in [-0.2, -0.15) is 0 Å². The first-order valence-corrected chi connectivity index (χ1v) is 10.4. The van der Waals surface area contributed by atoms with Crippen molar-refractivity contribution >= 4 is 34.6 Å². The molecule has 0 aliphatic carbocycles. The molecule has 32 heavy (non-hydrogen) atoms. The highest BCUT2D eigenvalue weighted by atomic mass is 35.5. The predicted molar refractivity (Wildman–Crippen MR) is 125 cm³/mol. The third-order valence-electron chi connectivity index (χ3n) is 4.93. The summed E-state index contributed by atoms with van der Waals surface area (Å²) in [5, 5.41) is 13.2. The summed E-state index contributed by atoms with van der Waals surface area (Å²) in [7, 11) is 0. The zero-order chi connectivity index (χ0) is 22.5. The van der Waals surface area contributed by atoms with E-state index in [1.165, 1.54) is 18.2 Å². The van der Waals surface area contributed by atoms with E-state index in [0.29, 0.717) is 23.1 Å². The molecule has 1 aliphatic heterocycles. The topological polar surface area (TPSA) is 74.4 Å². The third-order valence-corrected chi connectivity index (χ3v) is 5.22. The molecule has 0 saturated carbocycles. The van der Waals surface area contributed by atoms with Crippen LogP contribution in [0.15, 0.2) is 73.3 Å². The Morgan fingerprint density at radius 1 is 1.19 bits per heavy atom. The van der Waals surface area contributed by atoms with Crippen LogP contribution in [0.4, 0.5) is 21.5 Å². The van der Waals surface area contributed by atoms with E-state index in [1.807, 2.05) is 24.3 Å². The first-order valence-electron chi connectivity index (χ1n) is 10.00. The van der Waals surface area contributed by atoms with Crippen molar-refractivity contribution in [3.63, 3.8) is 0 Å². The van der Waals surface area contributed by atoms with Gasteiger partial charge in [-0.3, -0.25) is 10.1 Å². The van der Waals surface area contributed by atoms with Crippen LogP contribution in [0.5, 0.6) is 5.75 Å². The maximum absolute atomic E-state index is 13.3. The Morgan fingerprint density at radius 3 is 2.81 bits per heavy atom. The molecule has 1 atom stereocenters. The smallest absolute Gasteiger partial charge is 0.247 e. The van der Waals surface area contributed by atoms with Gasteiger partial charge in [-0.05, 0) is 60.2 Å². The van der Waals surface area contributed by atoms with Crippen molar-refractivity contribution in [3.8, 4) is 5.75 Å². The van der Waals surface area contributed by atoms with Crippen molar-refractivity contribution in [2.75, 3.05) is 22.6 Å². The summed E-state index contributed by atoms with van der Waals surface area (Å²) < 4.78 is 19.1. The van der Waals surface area contributed by atoms with E-state index in [4.69, 9.17) is 16.3 Å². The number of fused-ring (bicyclic) bond motifs is 1. The molecule has 4 N–H and O–H groups in total. The van der Waals surface area contributed by atoms with E-state index in [2.05, 4.69) is 27.8 Å². The Morgan fingerprint density at radius 2 is 2.03 bits per heavy atom. The highest BCUT2D eigenvalue weighted by Gasteiger charge is 2.20. The molecular formula is C24H22ClFN4O2. The van der Waals surface area contributed by atoms with Gasteiger partial charge in [-0.1, -0.05) is 30.3 Å². The molecule has 0 radical (unpaired) electrons. The Bertz CT molecular complexity index is 1150. The molecule has 1 amide bonds. The molecular weight excluding hydrogens is 431 g/mol. The summed E-state index contributed by atoms with van der Waals surface area (Å²) in [6, 6.07) is 17.3. The van der Waals surface area contributed by atoms with E-state index < -0.39 is 0 Å². The van der Waals surface area contributed by atoms with Gasteiger partial charge in [-0.15, -0.1) is 0 Å². The normalized spacial score (nSPS) is 14.6. The zero-order valence-electron chi connectivity index (χ0n) is 17.1. The summed E-state index contributed by atoms with van der Waals surface area (Å²) >= 11 is 6.41. The highest BCUT2D eigenvalue weighted by molar-refractivity contribution is 6.32. The van der Waals surface area contributed by atoms with Crippen LogP contribution in [0, 0.1) is 5.82 Å². The Labute approximate surface area is 190 Å². The monoisotopic (exact) mass is 452 g/mol. The first kappa shape index (κ1) is 21.7. The van der Waals surface area contributed by atoms with Crippen LogP contribution >= 0.6 is 11.6 Å². The molecule has 3 aromatic carbocycles. The zero-order valence-corrected chi connectivity index (χ0v) is 17.9. The highest BCUT2D eigenvalue weighted by Crippen LogP contribution is 2.33. The van der Waals surface area contributed by atoms with E-state index in [-0.39, 0.29) is 24.5 Å². The Balaban J connectivity index is 1.46. The first-order chi connectivity index (χ1) is 15.5. The van der Waals surface area contributed by atoms with Gasteiger partial charge in [-0.25, -0.2) is 4.39 Å². The molecule has 1 heterocycles. The van der Waals surface area contributed by atoms with Crippen LogP contribution < -0.4 is 26.0 Å². The summed E-state index contributed by atoms with van der Waals surface area (Å²) in [5.74, 6) is -0.0694. The molecule has 0 saturated heterocycles. The third kappa shape index (κ3) is 5.19.